The number of benzene rings is 3. The highest BCUT2D eigenvalue weighted by Crippen LogP contribution is 2.29. The van der Waals surface area contributed by atoms with Crippen LogP contribution in [0.1, 0.15) is 49.2 Å². The number of hydrogen-bond acceptors (Lipinski definition) is 8. The minimum atomic E-state index is -1.07. The topological polar surface area (TPSA) is 123 Å². The van der Waals surface area contributed by atoms with E-state index in [1.165, 1.54) is 23.5 Å². The first-order valence-corrected chi connectivity index (χ1v) is 16.0. The third kappa shape index (κ3) is 7.02. The summed E-state index contributed by atoms with van der Waals surface area (Å²) in [5.74, 6) is 4.38. The zero-order valence-electron chi connectivity index (χ0n) is 25.7. The van der Waals surface area contributed by atoms with Crippen LogP contribution in [0, 0.1) is 34.8 Å². The summed E-state index contributed by atoms with van der Waals surface area (Å²) in [6.45, 7) is 1.15. The second-order valence-corrected chi connectivity index (χ2v) is 12.4. The number of nitriles is 1. The van der Waals surface area contributed by atoms with Crippen LogP contribution >= 0.6 is 11.3 Å². The summed E-state index contributed by atoms with van der Waals surface area (Å²) in [6, 6.07) is 20.8. The van der Waals surface area contributed by atoms with E-state index < -0.39 is 17.6 Å². The van der Waals surface area contributed by atoms with Gasteiger partial charge in [0.25, 0.3) is 0 Å². The average Bonchev–Trinajstić information content (AvgIpc) is 3.69. The Morgan fingerprint density at radius 3 is 2.67 bits per heavy atom. The molecule has 9 nitrogen and oxygen atoms in total. The van der Waals surface area contributed by atoms with Crippen molar-refractivity contribution in [2.45, 2.75) is 32.1 Å². The number of halogens is 2. The molecule has 0 radical (unpaired) electrons. The summed E-state index contributed by atoms with van der Waals surface area (Å²) in [4.78, 5) is 25.7. The molecule has 3 aromatic heterocycles. The highest BCUT2D eigenvalue weighted by atomic mass is 32.1. The molecule has 0 aliphatic carbocycles. The quantitative estimate of drug-likeness (QED) is 0.167. The molecular formula is C37H25F2N5O4S. The van der Waals surface area contributed by atoms with Crippen molar-refractivity contribution in [2.75, 3.05) is 6.61 Å². The van der Waals surface area contributed by atoms with E-state index in [2.05, 4.69) is 32.9 Å². The van der Waals surface area contributed by atoms with Gasteiger partial charge in [0, 0.05) is 30.2 Å². The van der Waals surface area contributed by atoms with Crippen molar-refractivity contribution in [3.05, 3.63) is 129 Å². The van der Waals surface area contributed by atoms with Crippen molar-refractivity contribution >= 4 is 28.3 Å². The van der Waals surface area contributed by atoms with E-state index in [9.17, 15) is 9.90 Å². The molecule has 3 aromatic carbocycles. The van der Waals surface area contributed by atoms with Gasteiger partial charge in [-0.25, -0.2) is 28.5 Å². The van der Waals surface area contributed by atoms with Gasteiger partial charge in [-0.2, -0.15) is 5.26 Å². The second-order valence-electron chi connectivity index (χ2n) is 11.2. The zero-order valence-corrected chi connectivity index (χ0v) is 26.5. The first-order chi connectivity index (χ1) is 23.8. The molecule has 49 heavy (non-hydrogen) atoms. The number of carboxylic acid groups (broad SMARTS) is 1. The van der Waals surface area contributed by atoms with Crippen LogP contribution in [-0.2, 0) is 24.3 Å². The van der Waals surface area contributed by atoms with Gasteiger partial charge in [0.15, 0.2) is 0 Å². The fraction of sp³-hybridized carbons (Fsp3) is 0.162. The van der Waals surface area contributed by atoms with Gasteiger partial charge in [-0.05, 0) is 72.5 Å². The van der Waals surface area contributed by atoms with Crippen molar-refractivity contribution in [3.8, 4) is 35.0 Å². The molecule has 1 N–H and O–H groups in total. The first kappa shape index (κ1) is 31.6. The Hall–Kier alpha value is -5.95. The van der Waals surface area contributed by atoms with E-state index in [1.54, 1.807) is 48.7 Å². The van der Waals surface area contributed by atoms with Gasteiger partial charge in [0.2, 0.25) is 5.88 Å². The van der Waals surface area contributed by atoms with Crippen LogP contribution in [0.5, 0.6) is 5.88 Å². The summed E-state index contributed by atoms with van der Waals surface area (Å²) < 4.78 is 44.4. The van der Waals surface area contributed by atoms with E-state index >= 15 is 8.78 Å². The fourth-order valence-corrected chi connectivity index (χ4v) is 6.07. The number of pyridine rings is 1. The maximum Gasteiger partial charge on any atom is 0.335 e. The van der Waals surface area contributed by atoms with E-state index in [0.29, 0.717) is 40.6 Å². The highest BCUT2D eigenvalue weighted by Gasteiger charge is 2.24. The monoisotopic (exact) mass is 673 g/mol. The molecule has 12 heteroatoms. The molecule has 242 valence electrons. The predicted molar refractivity (Wildman–Crippen MR) is 177 cm³/mol. The Labute approximate surface area is 283 Å². The van der Waals surface area contributed by atoms with Gasteiger partial charge in [-0.15, -0.1) is 11.3 Å². The molecular weight excluding hydrogens is 649 g/mol. The van der Waals surface area contributed by atoms with Crippen LogP contribution in [0.15, 0.2) is 79.0 Å². The number of thiazole rings is 1. The molecule has 1 atom stereocenters. The van der Waals surface area contributed by atoms with E-state index in [1.807, 2.05) is 10.6 Å². The van der Waals surface area contributed by atoms with E-state index in [0.717, 1.165) is 29.0 Å². The van der Waals surface area contributed by atoms with Crippen LogP contribution < -0.4 is 4.74 Å². The average molecular weight is 674 g/mol. The van der Waals surface area contributed by atoms with E-state index in [-0.39, 0.29) is 47.4 Å². The van der Waals surface area contributed by atoms with E-state index in [4.69, 9.17) is 14.7 Å². The Morgan fingerprint density at radius 1 is 1.04 bits per heavy atom. The molecule has 1 aliphatic heterocycles. The maximum absolute atomic E-state index is 15.6. The summed E-state index contributed by atoms with van der Waals surface area (Å²) in [7, 11) is 0. The SMILES string of the molecule is N#Cc1cccc(C#Cc2cnc(COc3cccc(-c4cc(F)c(Cc5nc6ccc(C(=O)O)cc6n5C[C@@H]5CCO5)cc4F)n3)s2)c1. The normalized spacial score (nSPS) is 13.7. The predicted octanol–water partition coefficient (Wildman–Crippen LogP) is 6.76. The molecule has 0 amide bonds. The molecule has 4 heterocycles. The third-order valence-electron chi connectivity index (χ3n) is 7.96. The number of aromatic carboxylic acids is 1. The lowest BCUT2D eigenvalue weighted by Crippen LogP contribution is -2.31. The number of fused-ring (bicyclic) bond motifs is 1. The minimum Gasteiger partial charge on any atom is -0.478 e. The van der Waals surface area contributed by atoms with Gasteiger partial charge < -0.3 is 19.1 Å². The fourth-order valence-electron chi connectivity index (χ4n) is 5.38. The number of carbonyl (C=O) groups is 1. The van der Waals surface area contributed by atoms with Crippen LogP contribution in [0.3, 0.4) is 0 Å². The molecule has 0 saturated carbocycles. The van der Waals surface area contributed by atoms with Crippen molar-refractivity contribution < 1.29 is 28.2 Å². The Bertz CT molecular complexity index is 2330. The van der Waals surface area contributed by atoms with Crippen molar-refractivity contribution in [1.29, 1.82) is 5.26 Å². The van der Waals surface area contributed by atoms with Crippen LogP contribution in [-0.4, -0.2) is 43.3 Å². The summed E-state index contributed by atoms with van der Waals surface area (Å²) in [5, 5.41) is 19.2. The number of carboxylic acids is 1. The standard InChI is InChI=1S/C37H25F2N5O4S/c38-29-17-28(30(39)14-25(29)16-34-42-32-10-8-24(37(45)46)15-33(32)44(34)20-26-11-12-47-26)31-5-2-6-35(43-31)48-21-36-41-19-27(49-36)9-7-22-3-1-4-23(13-22)18-40/h1-6,8,10,13-15,17,19,26H,11-12,16,20-21H2,(H,45,46)/t26-/m0/s1. The van der Waals surface area contributed by atoms with Gasteiger partial charge in [0.05, 0.1) is 57.6 Å². The molecule has 1 aliphatic rings. The van der Waals surface area contributed by atoms with Gasteiger partial charge in [-0.3, -0.25) is 0 Å². The number of ether oxygens (including phenoxy) is 2. The van der Waals surface area contributed by atoms with Crippen molar-refractivity contribution in [2.24, 2.45) is 0 Å². The lowest BCUT2D eigenvalue weighted by molar-refractivity contribution is -0.0589. The lowest BCUT2D eigenvalue weighted by Gasteiger charge is -2.27. The summed E-state index contributed by atoms with van der Waals surface area (Å²) >= 11 is 1.35. The molecule has 1 fully saturated rings. The first-order valence-electron chi connectivity index (χ1n) is 15.2. The molecule has 0 bridgehead atoms. The van der Waals surface area contributed by atoms with Gasteiger partial charge in [-0.1, -0.05) is 18.1 Å². The molecule has 0 spiro atoms. The summed E-state index contributed by atoms with van der Waals surface area (Å²) in [5.41, 5.74) is 2.77. The zero-order chi connectivity index (χ0) is 33.9. The Balaban J connectivity index is 1.07. The Morgan fingerprint density at radius 2 is 1.88 bits per heavy atom. The number of hydrogen-bond donors (Lipinski definition) is 1. The lowest BCUT2D eigenvalue weighted by atomic mass is 10.0. The molecule has 1 saturated heterocycles. The maximum atomic E-state index is 15.6. The van der Waals surface area contributed by atoms with Crippen LogP contribution in [0.25, 0.3) is 22.3 Å². The smallest absolute Gasteiger partial charge is 0.335 e. The van der Waals surface area contributed by atoms with Gasteiger partial charge in [0.1, 0.15) is 29.1 Å². The van der Waals surface area contributed by atoms with Crippen LogP contribution in [0.2, 0.25) is 0 Å². The molecule has 6 aromatic rings. The second kappa shape index (κ2) is 13.6. The van der Waals surface area contributed by atoms with Crippen molar-refractivity contribution in [1.82, 2.24) is 19.5 Å². The minimum absolute atomic E-state index is 0.0180. The molecule has 7 rings (SSSR count). The molecule has 0 unspecified atom stereocenters. The van der Waals surface area contributed by atoms with Crippen molar-refractivity contribution in [3.63, 3.8) is 0 Å². The number of rotatable bonds is 9. The number of imidazole rings is 1. The number of nitrogens with zero attached hydrogens (tertiary/aromatic N) is 5. The third-order valence-corrected chi connectivity index (χ3v) is 8.84. The highest BCUT2D eigenvalue weighted by molar-refractivity contribution is 7.12. The van der Waals surface area contributed by atoms with Gasteiger partial charge >= 0.3 is 5.97 Å². The summed E-state index contributed by atoms with van der Waals surface area (Å²) in [6.07, 6.45) is 2.39. The number of aromatic nitrogens is 4. The van der Waals surface area contributed by atoms with Crippen LogP contribution in [0.4, 0.5) is 8.78 Å². The largest absolute Gasteiger partial charge is 0.478 e. The Kier molecular flexibility index (Phi) is 8.81.